The number of amidine groups is 1. The first kappa shape index (κ1) is 27.4. The van der Waals surface area contributed by atoms with Crippen LogP contribution in [0, 0.1) is 17.3 Å². The predicted octanol–water partition coefficient (Wildman–Crippen LogP) is 3.68. The summed E-state index contributed by atoms with van der Waals surface area (Å²) >= 11 is 0. The molecule has 210 valence electrons. The third-order valence-electron chi connectivity index (χ3n) is 8.26. The van der Waals surface area contributed by atoms with Crippen molar-refractivity contribution < 1.29 is 27.7 Å². The van der Waals surface area contributed by atoms with Crippen LogP contribution in [0.3, 0.4) is 0 Å². The number of carbonyl (C=O) groups excluding carboxylic acids is 1. The van der Waals surface area contributed by atoms with Crippen LogP contribution in [-0.2, 0) is 19.3 Å². The number of nitrogens with zero attached hydrogens (tertiary/aromatic N) is 2. The quantitative estimate of drug-likeness (QED) is 0.369. The molecule has 38 heavy (non-hydrogen) atoms. The molecule has 4 N–H and O–H groups in total. The second-order valence-electron chi connectivity index (χ2n) is 12.3. The number of hydrogen-bond donors (Lipinski definition) is 4. The van der Waals surface area contributed by atoms with Crippen LogP contribution in [-0.4, -0.2) is 60.0 Å². The Bertz CT molecular complexity index is 1340. The summed E-state index contributed by atoms with van der Waals surface area (Å²) in [6, 6.07) is 4.69. The van der Waals surface area contributed by atoms with Gasteiger partial charge in [-0.25, -0.2) is 0 Å². The van der Waals surface area contributed by atoms with Crippen molar-refractivity contribution in [1.29, 1.82) is 0 Å². The van der Waals surface area contributed by atoms with Crippen molar-refractivity contribution in [3.63, 3.8) is 0 Å². The summed E-state index contributed by atoms with van der Waals surface area (Å²) < 4.78 is 36.3. The Morgan fingerprint density at radius 3 is 2.63 bits per heavy atom. The number of amides is 1. The van der Waals surface area contributed by atoms with Crippen molar-refractivity contribution in [1.82, 2.24) is 4.90 Å². The minimum atomic E-state index is -4.02. The maximum absolute atomic E-state index is 14.1. The molecule has 2 bridgehead atoms. The number of anilines is 2. The molecule has 3 unspecified atom stereocenters. The van der Waals surface area contributed by atoms with Crippen LogP contribution in [0.2, 0.25) is 0 Å². The molecular weight excluding hydrogens is 527 g/mol. The average Bonchev–Trinajstić information content (AvgIpc) is 3.45. The van der Waals surface area contributed by atoms with Gasteiger partial charge >= 0.3 is 225 Å². The number of hydrogen-bond acceptors (Lipinski definition) is 8. The fraction of sp³-hybridized carbons (Fsp3) is 0.615. The molecule has 0 aromatic heterocycles. The van der Waals surface area contributed by atoms with Crippen molar-refractivity contribution in [2.45, 2.75) is 65.3 Å². The number of rotatable bonds is 7. The van der Waals surface area contributed by atoms with Crippen molar-refractivity contribution in [3.8, 4) is 0 Å². The molecule has 2 aliphatic carbocycles. The minimum absolute atomic E-state index is 0.0108. The van der Waals surface area contributed by atoms with E-state index in [1.165, 1.54) is 6.07 Å². The first-order valence-corrected chi connectivity index (χ1v) is 17.0. The van der Waals surface area contributed by atoms with E-state index in [0.717, 1.165) is 38.4 Å². The van der Waals surface area contributed by atoms with Gasteiger partial charge in [0, 0.05) is 0 Å². The Kier molecular flexibility index (Phi) is 6.61. The zero-order valence-corrected chi connectivity index (χ0v) is 24.5. The Balaban J connectivity index is 1.58. The molecule has 1 aromatic carbocycles. The number of aliphatic hydroxyl groups is 1. The van der Waals surface area contributed by atoms with Gasteiger partial charge in [-0.2, -0.15) is 0 Å². The Labute approximate surface area is 225 Å². The molecule has 2 heterocycles. The van der Waals surface area contributed by atoms with Crippen LogP contribution >= 0.6 is 7.87 Å². The molecule has 12 heteroatoms. The number of sulfonamides is 1. The average molecular weight is 567 g/mol. The van der Waals surface area contributed by atoms with E-state index < -0.39 is 23.4 Å². The predicted molar refractivity (Wildman–Crippen MR) is 151 cm³/mol. The molecular formula is C26H39N4O6PS. The summed E-state index contributed by atoms with van der Waals surface area (Å²) in [5.41, 5.74) is 0.0998. The van der Waals surface area contributed by atoms with Crippen molar-refractivity contribution in [2.24, 2.45) is 22.0 Å². The summed E-state index contributed by atoms with van der Waals surface area (Å²) in [5, 5.41) is 15.3. The summed E-state index contributed by atoms with van der Waals surface area (Å²) in [7, 11) is -7.55. The number of fused-ring (bicyclic) bond motifs is 4. The van der Waals surface area contributed by atoms with Crippen LogP contribution in [0.5, 0.6) is 0 Å². The van der Waals surface area contributed by atoms with Gasteiger partial charge in [0.15, 0.2) is 0 Å². The third-order valence-corrected chi connectivity index (χ3v) is 11.2. The topological polar surface area (TPSA) is 141 Å². The van der Waals surface area contributed by atoms with E-state index >= 15 is 0 Å². The molecule has 1 amide bonds. The van der Waals surface area contributed by atoms with Crippen molar-refractivity contribution in [3.05, 3.63) is 29.5 Å². The zero-order valence-electron chi connectivity index (χ0n) is 22.7. The first-order valence-electron chi connectivity index (χ1n) is 13.3. The Morgan fingerprint density at radius 1 is 1.32 bits per heavy atom. The zero-order chi connectivity index (χ0) is 27.7. The third kappa shape index (κ3) is 4.61. The summed E-state index contributed by atoms with van der Waals surface area (Å²) in [5.74, 6) is 0.535. The Morgan fingerprint density at radius 2 is 2.05 bits per heavy atom. The van der Waals surface area contributed by atoms with Crippen LogP contribution in [0.4, 0.5) is 11.4 Å². The van der Waals surface area contributed by atoms with E-state index in [1.807, 2.05) is 4.90 Å². The number of benzene rings is 1. The summed E-state index contributed by atoms with van der Waals surface area (Å²) in [6.07, 6.45) is 5.65. The van der Waals surface area contributed by atoms with E-state index in [9.17, 15) is 23.2 Å². The molecule has 3 atom stereocenters. The van der Waals surface area contributed by atoms with Gasteiger partial charge in [-0.15, -0.1) is 0 Å². The van der Waals surface area contributed by atoms with Gasteiger partial charge in [0.25, 0.3) is 0 Å². The van der Waals surface area contributed by atoms with Crippen LogP contribution in [0.25, 0.3) is 0 Å². The molecule has 1 aromatic rings. The van der Waals surface area contributed by atoms with Gasteiger partial charge in [0.1, 0.15) is 0 Å². The van der Waals surface area contributed by atoms with Crippen LogP contribution in [0.15, 0.2) is 34.3 Å². The normalized spacial score (nSPS) is 28.9. The number of nitrogens with one attached hydrogen (secondary N) is 2. The number of carbonyl (C=O) groups is 1. The first-order chi connectivity index (χ1) is 17.7. The van der Waals surface area contributed by atoms with Gasteiger partial charge < -0.3 is 0 Å². The molecule has 2 saturated carbocycles. The monoisotopic (exact) mass is 566 g/mol. The van der Waals surface area contributed by atoms with E-state index in [0.29, 0.717) is 23.5 Å². The van der Waals surface area contributed by atoms with Crippen molar-refractivity contribution in [2.75, 3.05) is 29.4 Å². The van der Waals surface area contributed by atoms with Crippen LogP contribution < -0.4 is 15.3 Å². The van der Waals surface area contributed by atoms with E-state index in [4.69, 9.17) is 4.52 Å². The summed E-state index contributed by atoms with van der Waals surface area (Å²) in [4.78, 5) is 27.6. The number of aliphatic hydroxyl groups excluding tert-OH is 1. The molecule has 0 saturated heterocycles. The van der Waals surface area contributed by atoms with Gasteiger partial charge in [-0.3, -0.25) is 0 Å². The SMILES string of the molecule is CCO[PH]1(O)N=C(C2=C(O)C3(CC4CCC3C4)N(CCC(C)(C)C)C2=O)Nc2ccc(NS(C)(=O)=O)cc21. The fourth-order valence-corrected chi connectivity index (χ4v) is 9.25. The second kappa shape index (κ2) is 9.18. The molecule has 2 aliphatic heterocycles. The van der Waals surface area contributed by atoms with E-state index in [1.54, 1.807) is 19.1 Å². The summed E-state index contributed by atoms with van der Waals surface area (Å²) in [6.45, 7) is 8.83. The standard InChI is InChI=1S/C26H39N4O6PS/c1-6-36-37(33)20-14-18(29-38(5,34)35)9-10-19(20)27-23(28-37)21-22(31)26(15-16-7-8-17(26)13-16)30(24(21)32)12-11-25(2,3)4/h9-10,14,16-17,29,31,33,37H,6-8,11-13,15H2,1-5H3,(H,27,28). The van der Waals surface area contributed by atoms with E-state index in [-0.39, 0.29) is 46.7 Å². The van der Waals surface area contributed by atoms with Gasteiger partial charge in [-0.05, 0) is 0 Å². The van der Waals surface area contributed by atoms with E-state index in [2.05, 4.69) is 35.6 Å². The van der Waals surface area contributed by atoms with Gasteiger partial charge in [0.05, 0.1) is 0 Å². The molecule has 10 nitrogen and oxygen atoms in total. The molecule has 4 aliphatic rings. The molecule has 1 spiro atoms. The molecule has 2 fully saturated rings. The van der Waals surface area contributed by atoms with Crippen molar-refractivity contribution >= 4 is 46.3 Å². The molecule has 5 rings (SSSR count). The maximum atomic E-state index is 14.1. The second-order valence-corrected chi connectivity index (χ2v) is 16.3. The molecule has 0 radical (unpaired) electrons. The van der Waals surface area contributed by atoms with Gasteiger partial charge in [0.2, 0.25) is 0 Å². The Hall–Kier alpha value is -2.20. The van der Waals surface area contributed by atoms with Gasteiger partial charge in [-0.1, -0.05) is 0 Å². The fourth-order valence-electron chi connectivity index (χ4n) is 6.64. The van der Waals surface area contributed by atoms with Crippen LogP contribution in [0.1, 0.15) is 59.8 Å².